The third-order valence-electron chi connectivity index (χ3n) is 4.36. The first-order chi connectivity index (χ1) is 9.46. The summed E-state index contributed by atoms with van der Waals surface area (Å²) in [4.78, 5) is 21.2. The standard InChI is InChI=1S/C15H25O4P/c16-15(17)14(10-13-6-7-13)11-20(18,19)9-8-12-4-2-1-3-5-12/h10,12-13H,1-9,11H2,(H,16,17)(H,18,19)/b14-10+. The van der Waals surface area contributed by atoms with Crippen LogP contribution in [-0.4, -0.2) is 28.3 Å². The molecule has 0 spiro atoms. The zero-order valence-electron chi connectivity index (χ0n) is 12.0. The second kappa shape index (κ2) is 6.91. The van der Waals surface area contributed by atoms with Gasteiger partial charge in [0.15, 0.2) is 0 Å². The molecule has 0 aromatic rings. The molecule has 0 aromatic carbocycles. The quantitative estimate of drug-likeness (QED) is 0.556. The fourth-order valence-corrected chi connectivity index (χ4v) is 4.64. The Labute approximate surface area is 120 Å². The average Bonchev–Trinajstić information content (AvgIpc) is 3.21. The molecule has 20 heavy (non-hydrogen) atoms. The lowest BCUT2D eigenvalue weighted by molar-refractivity contribution is -0.132. The van der Waals surface area contributed by atoms with Crippen LogP contribution in [-0.2, 0) is 9.36 Å². The predicted octanol–water partition coefficient (Wildman–Crippen LogP) is 3.65. The summed E-state index contributed by atoms with van der Waals surface area (Å²) in [5.74, 6) is -0.159. The zero-order chi connectivity index (χ0) is 14.6. The van der Waals surface area contributed by atoms with Gasteiger partial charge in [-0.3, -0.25) is 4.57 Å². The normalized spacial score (nSPS) is 24.4. The number of carboxylic acids is 1. The van der Waals surface area contributed by atoms with E-state index in [0.717, 1.165) is 32.1 Å². The molecular weight excluding hydrogens is 275 g/mol. The first kappa shape index (κ1) is 15.8. The van der Waals surface area contributed by atoms with Crippen LogP contribution < -0.4 is 0 Å². The van der Waals surface area contributed by atoms with Crippen molar-refractivity contribution in [1.29, 1.82) is 0 Å². The van der Waals surface area contributed by atoms with Crippen molar-refractivity contribution >= 4 is 13.3 Å². The Hall–Kier alpha value is -0.600. The van der Waals surface area contributed by atoms with Crippen LogP contribution in [0.25, 0.3) is 0 Å². The predicted molar refractivity (Wildman–Crippen MR) is 79.2 cm³/mol. The van der Waals surface area contributed by atoms with Crippen molar-refractivity contribution in [2.45, 2.75) is 51.4 Å². The van der Waals surface area contributed by atoms with Gasteiger partial charge in [0.05, 0.1) is 6.16 Å². The second-order valence-electron chi connectivity index (χ2n) is 6.36. The van der Waals surface area contributed by atoms with E-state index in [1.54, 1.807) is 6.08 Å². The number of hydrogen-bond acceptors (Lipinski definition) is 2. The van der Waals surface area contributed by atoms with Gasteiger partial charge in [-0.05, 0) is 31.1 Å². The highest BCUT2D eigenvalue weighted by molar-refractivity contribution is 7.58. The minimum Gasteiger partial charge on any atom is -0.478 e. The maximum atomic E-state index is 12.2. The van der Waals surface area contributed by atoms with Crippen LogP contribution in [0, 0.1) is 11.8 Å². The van der Waals surface area contributed by atoms with E-state index in [1.165, 1.54) is 19.3 Å². The summed E-state index contributed by atoms with van der Waals surface area (Å²) in [6, 6.07) is 0. The van der Waals surface area contributed by atoms with Crippen molar-refractivity contribution in [3.05, 3.63) is 11.6 Å². The molecule has 2 N–H and O–H groups in total. The third-order valence-corrected chi connectivity index (χ3v) is 6.15. The van der Waals surface area contributed by atoms with Gasteiger partial charge in [0, 0.05) is 11.7 Å². The van der Waals surface area contributed by atoms with Crippen LogP contribution in [0.2, 0.25) is 0 Å². The summed E-state index contributed by atoms with van der Waals surface area (Å²) >= 11 is 0. The second-order valence-corrected chi connectivity index (χ2v) is 8.81. The van der Waals surface area contributed by atoms with Crippen molar-refractivity contribution in [1.82, 2.24) is 0 Å². The topological polar surface area (TPSA) is 74.6 Å². The number of carbonyl (C=O) groups is 1. The molecule has 0 aliphatic heterocycles. The lowest BCUT2D eigenvalue weighted by Gasteiger charge is -2.22. The lowest BCUT2D eigenvalue weighted by Crippen LogP contribution is -2.11. The minimum absolute atomic E-state index is 0.141. The average molecular weight is 300 g/mol. The number of aliphatic carboxylic acids is 1. The fourth-order valence-electron chi connectivity index (χ4n) is 2.94. The highest BCUT2D eigenvalue weighted by atomic mass is 31.2. The first-order valence-corrected chi connectivity index (χ1v) is 9.74. The van der Waals surface area contributed by atoms with E-state index in [1.807, 2.05) is 0 Å². The molecule has 0 heterocycles. The van der Waals surface area contributed by atoms with Gasteiger partial charge in [0.2, 0.25) is 7.37 Å². The molecule has 2 rings (SSSR count). The van der Waals surface area contributed by atoms with Crippen molar-refractivity contribution in [3.8, 4) is 0 Å². The van der Waals surface area contributed by atoms with Crippen LogP contribution >= 0.6 is 7.37 Å². The van der Waals surface area contributed by atoms with Gasteiger partial charge in [0.1, 0.15) is 0 Å². The Morgan fingerprint density at radius 2 is 1.80 bits per heavy atom. The van der Waals surface area contributed by atoms with E-state index in [9.17, 15) is 14.3 Å². The van der Waals surface area contributed by atoms with E-state index in [2.05, 4.69) is 0 Å². The maximum absolute atomic E-state index is 12.2. The van der Waals surface area contributed by atoms with Crippen LogP contribution in [0.4, 0.5) is 0 Å². The molecule has 5 heteroatoms. The monoisotopic (exact) mass is 300 g/mol. The summed E-state index contributed by atoms with van der Waals surface area (Å²) in [6.07, 6.45) is 10.6. The van der Waals surface area contributed by atoms with E-state index < -0.39 is 13.3 Å². The Balaban J connectivity index is 1.84. The molecule has 2 saturated carbocycles. The molecular formula is C15H25O4P. The fraction of sp³-hybridized carbons (Fsp3) is 0.800. The zero-order valence-corrected chi connectivity index (χ0v) is 12.9. The van der Waals surface area contributed by atoms with Crippen LogP contribution in [0.3, 0.4) is 0 Å². The number of rotatable bonds is 7. The molecule has 2 aliphatic carbocycles. The van der Waals surface area contributed by atoms with Gasteiger partial charge < -0.3 is 10.00 Å². The molecule has 0 saturated heterocycles. The molecule has 114 valence electrons. The van der Waals surface area contributed by atoms with Crippen molar-refractivity contribution in [2.24, 2.45) is 11.8 Å². The summed E-state index contributed by atoms with van der Waals surface area (Å²) in [6.45, 7) is 0. The molecule has 2 fully saturated rings. The van der Waals surface area contributed by atoms with Crippen molar-refractivity contribution in [2.75, 3.05) is 12.3 Å². The van der Waals surface area contributed by atoms with Gasteiger partial charge in [-0.1, -0.05) is 38.2 Å². The van der Waals surface area contributed by atoms with E-state index in [-0.39, 0.29) is 17.9 Å². The molecule has 1 atom stereocenters. The van der Waals surface area contributed by atoms with Crippen LogP contribution in [0.1, 0.15) is 51.4 Å². The summed E-state index contributed by atoms with van der Waals surface area (Å²) < 4.78 is 12.2. The van der Waals surface area contributed by atoms with Crippen LogP contribution in [0.5, 0.6) is 0 Å². The molecule has 4 nitrogen and oxygen atoms in total. The first-order valence-electron chi connectivity index (χ1n) is 7.71. The van der Waals surface area contributed by atoms with Crippen molar-refractivity contribution < 1.29 is 19.4 Å². The minimum atomic E-state index is -3.35. The highest BCUT2D eigenvalue weighted by Crippen LogP contribution is 2.46. The third kappa shape index (κ3) is 5.41. The lowest BCUT2D eigenvalue weighted by atomic mass is 9.88. The van der Waals surface area contributed by atoms with Gasteiger partial charge in [0.25, 0.3) is 0 Å². The SMILES string of the molecule is O=C(O)/C(=C/C1CC1)CP(=O)(O)CCC1CCCCC1. The molecule has 2 aliphatic rings. The largest absolute Gasteiger partial charge is 0.478 e. The Morgan fingerprint density at radius 3 is 2.35 bits per heavy atom. The van der Waals surface area contributed by atoms with E-state index in [0.29, 0.717) is 11.8 Å². The van der Waals surface area contributed by atoms with Crippen molar-refractivity contribution in [3.63, 3.8) is 0 Å². The van der Waals surface area contributed by atoms with Gasteiger partial charge in [-0.25, -0.2) is 4.79 Å². The molecule has 1 unspecified atom stereocenters. The van der Waals surface area contributed by atoms with Gasteiger partial charge in [-0.2, -0.15) is 0 Å². The summed E-state index contributed by atoms with van der Waals surface area (Å²) in [5, 5.41) is 9.13. The summed E-state index contributed by atoms with van der Waals surface area (Å²) in [7, 11) is -3.35. The Morgan fingerprint density at radius 1 is 1.15 bits per heavy atom. The molecule has 0 bridgehead atoms. The van der Waals surface area contributed by atoms with Crippen LogP contribution in [0.15, 0.2) is 11.6 Å². The summed E-state index contributed by atoms with van der Waals surface area (Å²) in [5.41, 5.74) is 0.141. The number of allylic oxidation sites excluding steroid dienone is 1. The van der Waals surface area contributed by atoms with Gasteiger partial charge >= 0.3 is 5.97 Å². The Kier molecular flexibility index (Phi) is 5.45. The van der Waals surface area contributed by atoms with E-state index in [4.69, 9.17) is 5.11 Å². The maximum Gasteiger partial charge on any atom is 0.331 e. The number of carboxylic acid groups (broad SMARTS) is 1. The smallest absolute Gasteiger partial charge is 0.331 e. The van der Waals surface area contributed by atoms with E-state index >= 15 is 0 Å². The number of hydrogen-bond donors (Lipinski definition) is 2. The van der Waals surface area contributed by atoms with Gasteiger partial charge in [-0.15, -0.1) is 0 Å². The molecule has 0 amide bonds. The molecule has 0 radical (unpaired) electrons. The Bertz CT molecular complexity index is 420. The highest BCUT2D eigenvalue weighted by Gasteiger charge is 2.28. The molecule has 0 aromatic heterocycles.